The Labute approximate surface area is 240 Å². The van der Waals surface area contributed by atoms with Crippen LogP contribution in [0.25, 0.3) is 0 Å². The van der Waals surface area contributed by atoms with Crippen molar-refractivity contribution in [1.82, 2.24) is 0 Å². The second kappa shape index (κ2) is 14.5. The van der Waals surface area contributed by atoms with E-state index in [1.807, 2.05) is 0 Å². The molecule has 2 nitrogen and oxygen atoms in total. The molecule has 0 unspecified atom stereocenters. The van der Waals surface area contributed by atoms with E-state index in [9.17, 15) is 10.2 Å². The Morgan fingerprint density at radius 1 is 0.400 bits per heavy atom. The van der Waals surface area contributed by atoms with Crippen molar-refractivity contribution in [3.63, 3.8) is 0 Å². The molecular formula is C36H36O2P2. The zero-order chi connectivity index (χ0) is 27.6. The Morgan fingerprint density at radius 3 is 0.975 bits per heavy atom. The van der Waals surface area contributed by atoms with Crippen molar-refractivity contribution in [2.75, 3.05) is 13.2 Å². The predicted octanol–water partition coefficient (Wildman–Crippen LogP) is 6.80. The summed E-state index contributed by atoms with van der Waals surface area (Å²) in [5, 5.41) is 25.8. The van der Waals surface area contributed by atoms with E-state index in [2.05, 4.69) is 146 Å². The summed E-state index contributed by atoms with van der Waals surface area (Å²) in [4.78, 5) is 0. The lowest BCUT2D eigenvalue weighted by Crippen LogP contribution is -2.19. The van der Waals surface area contributed by atoms with Crippen LogP contribution < -0.4 is 21.2 Å². The van der Waals surface area contributed by atoms with Gasteiger partial charge in [-0.15, -0.1) is 0 Å². The molecule has 0 spiro atoms. The van der Waals surface area contributed by atoms with Crippen LogP contribution in [0, 0.1) is 0 Å². The van der Waals surface area contributed by atoms with Crippen LogP contribution in [0.4, 0.5) is 0 Å². The first-order valence-electron chi connectivity index (χ1n) is 13.9. The van der Waals surface area contributed by atoms with Gasteiger partial charge in [0.25, 0.3) is 0 Å². The maximum atomic E-state index is 10.3. The fraction of sp³-hybridized carbons (Fsp3) is 0.167. The van der Waals surface area contributed by atoms with Gasteiger partial charge in [0, 0.05) is 24.5 Å². The molecule has 5 rings (SSSR count). The average molecular weight is 563 g/mol. The summed E-state index contributed by atoms with van der Waals surface area (Å²) in [6.07, 6.45) is 1.38. The number of benzene rings is 5. The third kappa shape index (κ3) is 6.77. The third-order valence-corrected chi connectivity index (χ3v) is 13.0. The van der Waals surface area contributed by atoms with E-state index < -0.39 is 15.8 Å². The fourth-order valence-corrected chi connectivity index (χ4v) is 11.2. The lowest BCUT2D eigenvalue weighted by Gasteiger charge is -2.32. The van der Waals surface area contributed by atoms with E-state index in [0.717, 1.165) is 0 Å². The smallest absolute Gasteiger partial charge is 0.0440 e. The van der Waals surface area contributed by atoms with E-state index >= 15 is 0 Å². The van der Waals surface area contributed by atoms with Crippen LogP contribution in [0.1, 0.15) is 35.3 Å². The molecule has 0 aliphatic heterocycles. The van der Waals surface area contributed by atoms with Crippen LogP contribution in [-0.4, -0.2) is 23.4 Å². The third-order valence-electron chi connectivity index (χ3n) is 7.25. The summed E-state index contributed by atoms with van der Waals surface area (Å²) in [6, 6.07) is 52.0. The summed E-state index contributed by atoms with van der Waals surface area (Å²) >= 11 is 0. The highest BCUT2D eigenvalue weighted by molar-refractivity contribution is 7.73. The molecule has 0 bridgehead atoms. The van der Waals surface area contributed by atoms with Crippen molar-refractivity contribution >= 4 is 37.1 Å². The Bertz CT molecular complexity index is 1240. The quantitative estimate of drug-likeness (QED) is 0.164. The topological polar surface area (TPSA) is 40.5 Å². The first-order valence-corrected chi connectivity index (χ1v) is 16.7. The maximum absolute atomic E-state index is 10.3. The highest BCUT2D eigenvalue weighted by atomic mass is 31.1. The van der Waals surface area contributed by atoms with Crippen molar-refractivity contribution in [2.45, 2.75) is 24.2 Å². The van der Waals surface area contributed by atoms with Crippen molar-refractivity contribution in [3.05, 3.63) is 157 Å². The minimum Gasteiger partial charge on any atom is -0.396 e. The average Bonchev–Trinajstić information content (AvgIpc) is 3.03. The van der Waals surface area contributed by atoms with Crippen LogP contribution in [0.5, 0.6) is 0 Å². The summed E-state index contributed by atoms with van der Waals surface area (Å²) in [6.45, 7) is 0.266. The largest absolute Gasteiger partial charge is 0.396 e. The number of hydrogen-bond donors (Lipinski definition) is 2. The van der Waals surface area contributed by atoms with Crippen molar-refractivity contribution in [2.24, 2.45) is 0 Å². The van der Waals surface area contributed by atoms with E-state index in [-0.39, 0.29) is 24.5 Å². The second-order valence-electron chi connectivity index (χ2n) is 9.81. The van der Waals surface area contributed by atoms with Gasteiger partial charge in [-0.1, -0.05) is 146 Å². The Balaban J connectivity index is 1.61. The lowest BCUT2D eigenvalue weighted by molar-refractivity contribution is 0.286. The molecule has 2 N–H and O–H groups in total. The van der Waals surface area contributed by atoms with Gasteiger partial charge >= 0.3 is 0 Å². The van der Waals surface area contributed by atoms with Crippen molar-refractivity contribution < 1.29 is 10.2 Å². The molecule has 0 aliphatic carbocycles. The van der Waals surface area contributed by atoms with Crippen molar-refractivity contribution in [1.29, 1.82) is 0 Å². The number of aliphatic hydroxyl groups excluding tert-OH is 2. The van der Waals surface area contributed by atoms with Crippen molar-refractivity contribution in [3.8, 4) is 0 Å². The SMILES string of the molecule is OCC[C@@H](c1cccc([C@H](CCO)P(c2ccccc2)c2ccccc2)c1)P(c1ccccc1)c1ccccc1. The molecule has 0 aliphatic rings. The molecule has 0 radical (unpaired) electrons. The normalized spacial score (nSPS) is 12.9. The highest BCUT2D eigenvalue weighted by Gasteiger charge is 2.29. The van der Waals surface area contributed by atoms with Gasteiger partial charge < -0.3 is 10.2 Å². The van der Waals surface area contributed by atoms with Gasteiger partial charge in [-0.25, -0.2) is 0 Å². The summed E-state index contributed by atoms with van der Waals surface area (Å²) in [5.74, 6) is 0. The number of aliphatic hydroxyl groups is 2. The summed E-state index contributed by atoms with van der Waals surface area (Å²) in [5.41, 5.74) is 2.84. The molecule has 0 saturated carbocycles. The van der Waals surface area contributed by atoms with Crippen LogP contribution >= 0.6 is 15.8 Å². The van der Waals surface area contributed by atoms with E-state index in [0.29, 0.717) is 12.8 Å². The monoisotopic (exact) mass is 562 g/mol. The van der Waals surface area contributed by atoms with Gasteiger partial charge in [0.2, 0.25) is 0 Å². The first kappa shape index (κ1) is 28.4. The molecule has 5 aromatic carbocycles. The second-order valence-corrected chi connectivity index (χ2v) is 14.6. The fourth-order valence-electron chi connectivity index (χ4n) is 5.48. The Kier molecular flexibility index (Phi) is 10.3. The molecule has 4 heteroatoms. The van der Waals surface area contributed by atoms with Gasteiger partial charge in [-0.05, 0) is 61.0 Å². The van der Waals surface area contributed by atoms with Gasteiger partial charge in [-0.3, -0.25) is 0 Å². The molecular weight excluding hydrogens is 526 g/mol. The lowest BCUT2D eigenvalue weighted by atomic mass is 10.0. The van der Waals surface area contributed by atoms with Crippen LogP contribution in [0.3, 0.4) is 0 Å². The number of hydrogen-bond acceptors (Lipinski definition) is 2. The molecule has 202 valence electrons. The molecule has 0 saturated heterocycles. The molecule has 0 amide bonds. The van der Waals surface area contributed by atoms with E-state index in [1.54, 1.807) is 0 Å². The first-order chi connectivity index (χ1) is 19.8. The van der Waals surface area contributed by atoms with Crippen LogP contribution in [0.2, 0.25) is 0 Å². The standard InChI is InChI=1S/C36H36O2P2/c37-26-24-35(39(31-16-5-1-6-17-31)32-18-7-2-8-19-32)29-14-13-15-30(28-29)36(25-27-38)40(33-20-9-3-10-21-33)34-22-11-4-12-23-34/h1-23,28,35-38H,24-27H2/t35-,36-/m0/s1. The minimum atomic E-state index is -0.743. The van der Waals surface area contributed by atoms with Gasteiger partial charge in [0.05, 0.1) is 0 Å². The van der Waals surface area contributed by atoms with Gasteiger partial charge in [0.1, 0.15) is 0 Å². The summed E-state index contributed by atoms with van der Waals surface area (Å²) in [7, 11) is -1.49. The maximum Gasteiger partial charge on any atom is 0.0440 e. The zero-order valence-electron chi connectivity index (χ0n) is 22.6. The molecule has 2 atom stereocenters. The van der Waals surface area contributed by atoms with Crippen LogP contribution in [-0.2, 0) is 0 Å². The predicted molar refractivity (Wildman–Crippen MR) is 173 cm³/mol. The van der Waals surface area contributed by atoms with E-state index in [1.165, 1.54) is 32.3 Å². The zero-order valence-corrected chi connectivity index (χ0v) is 24.4. The summed E-state index contributed by atoms with van der Waals surface area (Å²) < 4.78 is 0. The molecule has 40 heavy (non-hydrogen) atoms. The molecule has 5 aromatic rings. The Morgan fingerprint density at radius 2 is 0.700 bits per heavy atom. The number of rotatable bonds is 12. The molecule has 0 fully saturated rings. The van der Waals surface area contributed by atoms with Crippen LogP contribution in [0.15, 0.2) is 146 Å². The van der Waals surface area contributed by atoms with Gasteiger partial charge in [-0.2, -0.15) is 0 Å². The molecule has 0 heterocycles. The Hall–Kier alpha value is -3.12. The molecule has 0 aromatic heterocycles. The van der Waals surface area contributed by atoms with Gasteiger partial charge in [0.15, 0.2) is 0 Å². The van der Waals surface area contributed by atoms with E-state index in [4.69, 9.17) is 0 Å². The highest BCUT2D eigenvalue weighted by Crippen LogP contribution is 2.54. The minimum absolute atomic E-state index is 0.133.